The fourth-order valence-electron chi connectivity index (χ4n) is 2.34. The number of ether oxygens (including phenoxy) is 3. The molecule has 2 aromatic rings. The molecule has 30 heavy (non-hydrogen) atoms. The summed E-state index contributed by atoms with van der Waals surface area (Å²) in [6.45, 7) is -0.600. The molecule has 0 bridgehead atoms. The Labute approximate surface area is 171 Å². The number of benzene rings is 2. The summed E-state index contributed by atoms with van der Waals surface area (Å²) >= 11 is 0. The number of methoxy groups -OCH3 is 2. The number of anilines is 1. The van der Waals surface area contributed by atoms with E-state index in [1.54, 1.807) is 24.3 Å². The zero-order valence-corrected chi connectivity index (χ0v) is 16.1. The van der Waals surface area contributed by atoms with Gasteiger partial charge < -0.3 is 19.5 Å². The lowest BCUT2D eigenvalue weighted by molar-refractivity contribution is -0.384. The molecule has 0 heterocycles. The zero-order valence-electron chi connectivity index (χ0n) is 16.1. The summed E-state index contributed by atoms with van der Waals surface area (Å²) < 4.78 is 15.1. The maximum Gasteiger partial charge on any atom is 0.331 e. The molecule has 2 aromatic carbocycles. The van der Waals surface area contributed by atoms with E-state index >= 15 is 0 Å². The number of nitro benzene ring substituents is 1. The van der Waals surface area contributed by atoms with E-state index in [0.717, 1.165) is 18.2 Å². The lowest BCUT2D eigenvalue weighted by atomic mass is 10.1. The molecule has 0 saturated carbocycles. The second-order valence-electron chi connectivity index (χ2n) is 5.70. The number of non-ortho nitro benzene ring substituents is 1. The first-order valence-corrected chi connectivity index (χ1v) is 8.43. The lowest BCUT2D eigenvalue weighted by Crippen LogP contribution is -2.20. The van der Waals surface area contributed by atoms with Crippen LogP contribution in [0.15, 0.2) is 42.5 Å². The molecule has 0 aliphatic rings. The number of rotatable bonds is 8. The first-order valence-electron chi connectivity index (χ1n) is 8.43. The van der Waals surface area contributed by atoms with Crippen LogP contribution in [0.25, 0.3) is 6.08 Å². The smallest absolute Gasteiger partial charge is 0.331 e. The van der Waals surface area contributed by atoms with Crippen LogP contribution in [0.4, 0.5) is 11.4 Å². The van der Waals surface area contributed by atoms with E-state index in [4.69, 9.17) is 19.5 Å². The van der Waals surface area contributed by atoms with Crippen molar-refractivity contribution in [2.24, 2.45) is 0 Å². The quantitative estimate of drug-likeness (QED) is 0.302. The molecule has 1 amide bonds. The van der Waals surface area contributed by atoms with E-state index in [1.807, 2.05) is 0 Å². The molecule has 154 valence electrons. The molecule has 0 spiro atoms. The van der Waals surface area contributed by atoms with Crippen molar-refractivity contribution in [3.63, 3.8) is 0 Å². The number of amides is 1. The molecule has 0 aliphatic heterocycles. The first kappa shape index (κ1) is 21.9. The van der Waals surface area contributed by atoms with Crippen LogP contribution in [0.3, 0.4) is 0 Å². The molecule has 10 heteroatoms. The van der Waals surface area contributed by atoms with Gasteiger partial charge in [0, 0.05) is 18.2 Å². The minimum Gasteiger partial charge on any atom is -0.493 e. The van der Waals surface area contributed by atoms with E-state index in [1.165, 1.54) is 26.4 Å². The van der Waals surface area contributed by atoms with E-state index in [2.05, 4.69) is 5.32 Å². The van der Waals surface area contributed by atoms with Crippen LogP contribution in [0, 0.1) is 21.4 Å². The molecule has 2 rings (SSSR count). The fraction of sp³-hybridized carbons (Fsp3) is 0.150. The molecular formula is C20H17N3O7. The Morgan fingerprint density at radius 3 is 2.53 bits per heavy atom. The number of nitro groups is 1. The van der Waals surface area contributed by atoms with Crippen molar-refractivity contribution >= 4 is 29.3 Å². The minimum atomic E-state index is -0.760. The Balaban J connectivity index is 1.94. The molecule has 0 fully saturated rings. The van der Waals surface area contributed by atoms with E-state index in [-0.39, 0.29) is 16.9 Å². The predicted octanol–water partition coefficient (Wildman–Crippen LogP) is 2.68. The zero-order chi connectivity index (χ0) is 22.1. The normalized spacial score (nSPS) is 10.2. The van der Waals surface area contributed by atoms with Crippen molar-refractivity contribution in [2.75, 3.05) is 26.1 Å². The molecule has 10 nitrogen and oxygen atoms in total. The van der Waals surface area contributed by atoms with Crippen molar-refractivity contribution in [3.8, 4) is 17.6 Å². The predicted molar refractivity (Wildman–Crippen MR) is 106 cm³/mol. The Morgan fingerprint density at radius 1 is 1.17 bits per heavy atom. The Kier molecular flexibility index (Phi) is 7.47. The van der Waals surface area contributed by atoms with Gasteiger partial charge >= 0.3 is 5.97 Å². The van der Waals surface area contributed by atoms with Crippen molar-refractivity contribution in [3.05, 3.63) is 63.7 Å². The third-order valence-corrected chi connectivity index (χ3v) is 3.77. The van der Waals surface area contributed by atoms with E-state index in [0.29, 0.717) is 17.1 Å². The highest BCUT2D eigenvalue weighted by molar-refractivity contribution is 5.95. The van der Waals surface area contributed by atoms with Gasteiger partial charge in [-0.2, -0.15) is 5.26 Å². The summed E-state index contributed by atoms with van der Waals surface area (Å²) in [4.78, 5) is 33.9. The fourth-order valence-corrected chi connectivity index (χ4v) is 2.34. The van der Waals surface area contributed by atoms with Crippen LogP contribution >= 0.6 is 0 Å². The van der Waals surface area contributed by atoms with Gasteiger partial charge in [0.15, 0.2) is 18.1 Å². The van der Waals surface area contributed by atoms with Crippen LogP contribution in [0.2, 0.25) is 0 Å². The summed E-state index contributed by atoms with van der Waals surface area (Å²) in [5, 5.41) is 22.2. The van der Waals surface area contributed by atoms with E-state index in [9.17, 15) is 19.7 Å². The maximum absolute atomic E-state index is 11.9. The molecule has 0 aromatic heterocycles. The summed E-state index contributed by atoms with van der Waals surface area (Å²) in [6.07, 6.45) is 2.62. The highest BCUT2D eigenvalue weighted by atomic mass is 16.6. The summed E-state index contributed by atoms with van der Waals surface area (Å²) in [5.41, 5.74) is 0.358. The van der Waals surface area contributed by atoms with Gasteiger partial charge in [0.2, 0.25) is 0 Å². The van der Waals surface area contributed by atoms with Gasteiger partial charge in [-0.1, -0.05) is 6.07 Å². The number of carbonyl (C=O) groups excluding carboxylic acids is 2. The summed E-state index contributed by atoms with van der Waals surface area (Å²) in [6, 6.07) is 10.2. The van der Waals surface area contributed by atoms with Crippen LogP contribution in [0.1, 0.15) is 11.1 Å². The Bertz CT molecular complexity index is 1040. The number of carbonyl (C=O) groups is 2. The van der Waals surface area contributed by atoms with Gasteiger partial charge in [0.1, 0.15) is 6.07 Å². The maximum atomic E-state index is 11.9. The topological polar surface area (TPSA) is 141 Å². The molecule has 0 aliphatic carbocycles. The molecule has 0 atom stereocenters. The second-order valence-corrected chi connectivity index (χ2v) is 5.70. The monoisotopic (exact) mass is 411 g/mol. The molecule has 0 unspecified atom stereocenters. The largest absolute Gasteiger partial charge is 0.493 e. The van der Waals surface area contributed by atoms with Crippen LogP contribution in [-0.2, 0) is 14.3 Å². The average Bonchev–Trinajstić information content (AvgIpc) is 2.75. The van der Waals surface area contributed by atoms with Gasteiger partial charge in [0.25, 0.3) is 11.6 Å². The van der Waals surface area contributed by atoms with Crippen LogP contribution in [-0.4, -0.2) is 37.6 Å². The van der Waals surface area contributed by atoms with Crippen molar-refractivity contribution < 1.29 is 28.7 Å². The van der Waals surface area contributed by atoms with Gasteiger partial charge in [0.05, 0.1) is 30.4 Å². The molecular weight excluding hydrogens is 394 g/mol. The van der Waals surface area contributed by atoms with Crippen molar-refractivity contribution in [1.29, 1.82) is 5.26 Å². The second kappa shape index (κ2) is 10.2. The molecule has 0 radical (unpaired) electrons. The average molecular weight is 411 g/mol. The summed E-state index contributed by atoms with van der Waals surface area (Å²) in [5.74, 6) is -0.432. The lowest BCUT2D eigenvalue weighted by Gasteiger charge is -2.08. The molecule has 1 N–H and O–H groups in total. The highest BCUT2D eigenvalue weighted by Gasteiger charge is 2.13. The van der Waals surface area contributed by atoms with E-state index < -0.39 is 23.4 Å². The van der Waals surface area contributed by atoms with Gasteiger partial charge in [-0.25, -0.2) is 4.79 Å². The SMILES string of the molecule is COc1ccc(/C=C/C(=O)OCC(=O)Nc2ccc([N+](=O)[O-])cc2C#N)cc1OC. The van der Waals surface area contributed by atoms with Crippen LogP contribution < -0.4 is 14.8 Å². The third kappa shape index (κ3) is 5.80. The van der Waals surface area contributed by atoms with Crippen molar-refractivity contribution in [1.82, 2.24) is 0 Å². The highest BCUT2D eigenvalue weighted by Crippen LogP contribution is 2.28. The van der Waals surface area contributed by atoms with Gasteiger partial charge in [-0.3, -0.25) is 14.9 Å². The number of hydrogen-bond acceptors (Lipinski definition) is 8. The third-order valence-electron chi connectivity index (χ3n) is 3.77. The van der Waals surface area contributed by atoms with Crippen molar-refractivity contribution in [2.45, 2.75) is 0 Å². The van der Waals surface area contributed by atoms with Gasteiger partial charge in [-0.15, -0.1) is 0 Å². The summed E-state index contributed by atoms with van der Waals surface area (Å²) in [7, 11) is 2.99. The Hall–Kier alpha value is -4.39. The first-order chi connectivity index (χ1) is 14.4. The van der Waals surface area contributed by atoms with Gasteiger partial charge in [-0.05, 0) is 29.8 Å². The molecule has 0 saturated heterocycles. The number of nitrogens with zero attached hydrogens (tertiary/aromatic N) is 2. The standard InChI is InChI=1S/C20H17N3O7/c1-28-17-7-3-13(9-18(17)29-2)4-8-20(25)30-12-19(24)22-16-6-5-15(23(26)27)10-14(16)11-21/h3-10H,12H2,1-2H3,(H,22,24)/b8-4+. The number of esters is 1. The number of hydrogen-bond donors (Lipinski definition) is 1. The number of nitrogens with one attached hydrogen (secondary N) is 1. The van der Waals surface area contributed by atoms with Crippen LogP contribution in [0.5, 0.6) is 11.5 Å². The Morgan fingerprint density at radius 2 is 1.90 bits per heavy atom. The number of nitriles is 1. The minimum absolute atomic E-state index is 0.0741.